The van der Waals surface area contributed by atoms with E-state index in [1.54, 1.807) is 0 Å². The van der Waals surface area contributed by atoms with Crippen molar-refractivity contribution in [3.05, 3.63) is 29.8 Å². The van der Waals surface area contributed by atoms with E-state index >= 15 is 0 Å². The largest absolute Gasteiger partial charge is 0.476 e. The second-order valence-corrected chi connectivity index (χ2v) is 4.45. The van der Waals surface area contributed by atoms with Gasteiger partial charge < -0.3 is 10.1 Å². The Morgan fingerprint density at radius 1 is 1.53 bits per heavy atom. The summed E-state index contributed by atoms with van der Waals surface area (Å²) >= 11 is 0. The van der Waals surface area contributed by atoms with Gasteiger partial charge in [-0.1, -0.05) is 19.1 Å². The van der Waals surface area contributed by atoms with Gasteiger partial charge in [0.1, 0.15) is 11.8 Å². The highest BCUT2D eigenvalue weighted by Gasteiger charge is 2.19. The summed E-state index contributed by atoms with van der Waals surface area (Å²) in [5.74, 6) is 0.786. The van der Waals surface area contributed by atoms with Crippen molar-refractivity contribution in [2.45, 2.75) is 44.9 Å². The Bertz CT molecular complexity index is 407. The summed E-state index contributed by atoms with van der Waals surface area (Å²) in [6.07, 6.45) is 2.95. The molecule has 0 radical (unpaired) electrons. The Labute approximate surface area is 102 Å². The molecule has 0 saturated heterocycles. The summed E-state index contributed by atoms with van der Waals surface area (Å²) in [6, 6.07) is 10.8. The number of hydrogen-bond donors (Lipinski definition) is 1. The lowest BCUT2D eigenvalue weighted by atomic mass is 10.2. The average Bonchev–Trinajstić information content (AvgIpc) is 3.18. The van der Waals surface area contributed by atoms with Gasteiger partial charge in [-0.2, -0.15) is 5.26 Å². The molecule has 90 valence electrons. The zero-order valence-corrected chi connectivity index (χ0v) is 10.1. The van der Waals surface area contributed by atoms with Crippen LogP contribution in [0.1, 0.15) is 31.7 Å². The van der Waals surface area contributed by atoms with Crippen LogP contribution in [0.3, 0.4) is 0 Å². The highest BCUT2D eigenvalue weighted by atomic mass is 16.5. The summed E-state index contributed by atoms with van der Waals surface area (Å²) in [6.45, 7) is 2.83. The number of nitriles is 1. The Morgan fingerprint density at radius 2 is 2.35 bits per heavy atom. The smallest absolute Gasteiger partial charge is 0.184 e. The van der Waals surface area contributed by atoms with Crippen molar-refractivity contribution in [3.63, 3.8) is 0 Å². The average molecular weight is 230 g/mol. The molecule has 1 aliphatic carbocycles. The van der Waals surface area contributed by atoms with E-state index in [0.29, 0.717) is 12.5 Å². The lowest BCUT2D eigenvalue weighted by Crippen LogP contribution is -2.16. The van der Waals surface area contributed by atoms with Crippen LogP contribution in [-0.4, -0.2) is 12.1 Å². The second-order valence-electron chi connectivity index (χ2n) is 4.45. The van der Waals surface area contributed by atoms with Crippen LogP contribution in [0.4, 0.5) is 0 Å². The predicted octanol–water partition coefficient (Wildman–Crippen LogP) is 2.62. The molecule has 1 aromatic rings. The minimum absolute atomic E-state index is 0.346. The molecule has 0 aromatic heterocycles. The van der Waals surface area contributed by atoms with Crippen LogP contribution in [0.2, 0.25) is 0 Å². The molecule has 0 amide bonds. The third-order valence-electron chi connectivity index (χ3n) is 2.86. The Balaban J connectivity index is 1.92. The molecule has 17 heavy (non-hydrogen) atoms. The van der Waals surface area contributed by atoms with Crippen molar-refractivity contribution in [2.24, 2.45) is 0 Å². The zero-order valence-electron chi connectivity index (χ0n) is 10.1. The fourth-order valence-corrected chi connectivity index (χ4v) is 1.64. The van der Waals surface area contributed by atoms with Crippen molar-refractivity contribution in [2.75, 3.05) is 0 Å². The highest BCUT2D eigenvalue weighted by Crippen LogP contribution is 2.20. The molecule has 0 spiro atoms. The lowest BCUT2D eigenvalue weighted by molar-refractivity contribution is 0.251. The number of nitrogens with zero attached hydrogens (tertiary/aromatic N) is 1. The van der Waals surface area contributed by atoms with E-state index < -0.39 is 0 Å². The normalized spacial score (nSPS) is 16.2. The van der Waals surface area contributed by atoms with Crippen LogP contribution < -0.4 is 10.1 Å². The first-order valence-electron chi connectivity index (χ1n) is 6.20. The molecule has 3 nitrogen and oxygen atoms in total. The van der Waals surface area contributed by atoms with Crippen LogP contribution in [0.15, 0.2) is 24.3 Å². The third kappa shape index (κ3) is 3.76. The summed E-state index contributed by atoms with van der Waals surface area (Å²) in [5, 5.41) is 12.3. The zero-order chi connectivity index (χ0) is 12.1. The highest BCUT2D eigenvalue weighted by molar-refractivity contribution is 5.29. The van der Waals surface area contributed by atoms with Crippen LogP contribution in [-0.2, 0) is 6.54 Å². The van der Waals surface area contributed by atoms with Gasteiger partial charge in [-0.15, -0.1) is 0 Å². The first-order valence-corrected chi connectivity index (χ1v) is 6.20. The van der Waals surface area contributed by atoms with Gasteiger partial charge in [0.2, 0.25) is 0 Å². The number of ether oxygens (including phenoxy) is 1. The summed E-state index contributed by atoms with van der Waals surface area (Å²) in [4.78, 5) is 0. The van der Waals surface area contributed by atoms with Crippen molar-refractivity contribution in [3.8, 4) is 11.8 Å². The number of hydrogen-bond acceptors (Lipinski definition) is 3. The first-order chi connectivity index (χ1) is 8.31. The number of nitrogens with one attached hydrogen (secondary N) is 1. The molecule has 2 rings (SSSR count). The van der Waals surface area contributed by atoms with Crippen LogP contribution in [0.25, 0.3) is 0 Å². The van der Waals surface area contributed by atoms with Gasteiger partial charge in [-0.05, 0) is 37.0 Å². The first kappa shape index (κ1) is 11.9. The summed E-state index contributed by atoms with van der Waals surface area (Å²) < 4.78 is 5.59. The molecule has 1 atom stereocenters. The van der Waals surface area contributed by atoms with Gasteiger partial charge in [0.05, 0.1) is 0 Å². The van der Waals surface area contributed by atoms with Gasteiger partial charge in [-0.3, -0.25) is 0 Å². The fraction of sp³-hybridized carbons (Fsp3) is 0.500. The van der Waals surface area contributed by atoms with Gasteiger partial charge >= 0.3 is 0 Å². The molecule has 0 aliphatic heterocycles. The minimum atomic E-state index is -0.346. The maximum atomic E-state index is 8.85. The standard InChI is InChI=1S/C14H18N2O/c1-2-13(9-15)17-14-5-3-4-11(8-14)10-16-12-6-7-12/h3-5,8,12-13,16H,2,6-7,10H2,1H3. The van der Waals surface area contributed by atoms with E-state index in [0.717, 1.165) is 12.3 Å². The Kier molecular flexibility index (Phi) is 4.00. The van der Waals surface area contributed by atoms with E-state index in [1.165, 1.54) is 18.4 Å². The molecule has 1 aliphatic rings. The molecule has 0 bridgehead atoms. The fourth-order valence-electron chi connectivity index (χ4n) is 1.64. The molecule has 3 heteroatoms. The van der Waals surface area contributed by atoms with E-state index in [1.807, 2.05) is 25.1 Å². The Morgan fingerprint density at radius 3 is 3.00 bits per heavy atom. The van der Waals surface area contributed by atoms with Gasteiger partial charge in [-0.25, -0.2) is 0 Å². The van der Waals surface area contributed by atoms with E-state index in [9.17, 15) is 0 Å². The van der Waals surface area contributed by atoms with Crippen LogP contribution >= 0.6 is 0 Å². The molecule has 1 aromatic carbocycles. The van der Waals surface area contributed by atoms with Crippen LogP contribution in [0.5, 0.6) is 5.75 Å². The minimum Gasteiger partial charge on any atom is -0.476 e. The molecule has 1 fully saturated rings. The second kappa shape index (κ2) is 5.70. The SMILES string of the molecule is CCC(C#N)Oc1cccc(CNC2CC2)c1. The van der Waals surface area contributed by atoms with Crippen molar-refractivity contribution in [1.82, 2.24) is 5.32 Å². The maximum Gasteiger partial charge on any atom is 0.184 e. The molecular formula is C14H18N2O. The summed E-state index contributed by atoms with van der Waals surface area (Å²) in [5.41, 5.74) is 1.21. The maximum absolute atomic E-state index is 8.85. The van der Waals surface area contributed by atoms with Gasteiger partial charge in [0.25, 0.3) is 0 Å². The van der Waals surface area contributed by atoms with Crippen molar-refractivity contribution in [1.29, 1.82) is 5.26 Å². The van der Waals surface area contributed by atoms with Gasteiger partial charge in [0.15, 0.2) is 6.10 Å². The molecule has 1 saturated carbocycles. The number of rotatable bonds is 6. The topological polar surface area (TPSA) is 45.0 Å². The monoisotopic (exact) mass is 230 g/mol. The van der Waals surface area contributed by atoms with Crippen molar-refractivity contribution >= 4 is 0 Å². The lowest BCUT2D eigenvalue weighted by Gasteiger charge is -2.11. The quantitative estimate of drug-likeness (QED) is 0.817. The van der Waals surface area contributed by atoms with Gasteiger partial charge in [0, 0.05) is 12.6 Å². The molecular weight excluding hydrogens is 212 g/mol. The summed E-state index contributed by atoms with van der Waals surface area (Å²) in [7, 11) is 0. The predicted molar refractivity (Wildman–Crippen MR) is 66.6 cm³/mol. The Hall–Kier alpha value is -1.53. The third-order valence-corrected chi connectivity index (χ3v) is 2.86. The van der Waals surface area contributed by atoms with E-state index in [-0.39, 0.29) is 6.10 Å². The number of benzene rings is 1. The molecule has 1 N–H and O–H groups in total. The molecule has 1 unspecified atom stereocenters. The van der Waals surface area contributed by atoms with E-state index in [4.69, 9.17) is 10.00 Å². The van der Waals surface area contributed by atoms with Crippen molar-refractivity contribution < 1.29 is 4.74 Å². The molecule has 0 heterocycles. The van der Waals surface area contributed by atoms with E-state index in [2.05, 4.69) is 17.5 Å². The van der Waals surface area contributed by atoms with Crippen LogP contribution in [0, 0.1) is 11.3 Å².